The Labute approximate surface area is 124 Å². The van der Waals surface area contributed by atoms with Gasteiger partial charge in [-0.15, -0.1) is 11.6 Å². The fourth-order valence-corrected chi connectivity index (χ4v) is 2.71. The van der Waals surface area contributed by atoms with Crippen LogP contribution in [0.4, 0.5) is 5.69 Å². The summed E-state index contributed by atoms with van der Waals surface area (Å²) in [6, 6.07) is 3.60. The van der Waals surface area contributed by atoms with Crippen molar-refractivity contribution in [1.29, 1.82) is 0 Å². The Bertz CT molecular complexity index is 440. The Kier molecular flexibility index (Phi) is 6.11. The van der Waals surface area contributed by atoms with Gasteiger partial charge in [-0.3, -0.25) is 4.79 Å². The van der Waals surface area contributed by atoms with Crippen LogP contribution in [-0.4, -0.2) is 31.5 Å². The standard InChI is InChI=1S/C14H19Cl2NO2/c1-9-5-12(16)6-10(2)14(9)17(13(18)7-15)11(3)8-19-4/h5-6,11H,7-8H2,1-4H3. The molecule has 106 valence electrons. The molecular weight excluding hydrogens is 285 g/mol. The summed E-state index contributed by atoms with van der Waals surface area (Å²) in [5, 5.41) is 0.663. The first-order valence-electron chi connectivity index (χ1n) is 6.06. The Balaban J connectivity index is 3.29. The maximum atomic E-state index is 12.1. The van der Waals surface area contributed by atoms with E-state index < -0.39 is 0 Å². The highest BCUT2D eigenvalue weighted by molar-refractivity contribution is 6.31. The predicted molar refractivity (Wildman–Crippen MR) is 80.5 cm³/mol. The zero-order chi connectivity index (χ0) is 14.6. The van der Waals surface area contributed by atoms with Crippen molar-refractivity contribution < 1.29 is 9.53 Å². The molecule has 0 heterocycles. The molecule has 19 heavy (non-hydrogen) atoms. The molecule has 0 fully saturated rings. The molecule has 5 heteroatoms. The number of anilines is 1. The highest BCUT2D eigenvalue weighted by Crippen LogP contribution is 2.30. The molecule has 1 aromatic carbocycles. The molecule has 0 spiro atoms. The van der Waals surface area contributed by atoms with Gasteiger partial charge in [0.1, 0.15) is 5.88 Å². The van der Waals surface area contributed by atoms with Crippen LogP contribution in [0.2, 0.25) is 5.02 Å². The second-order valence-corrected chi connectivity index (χ2v) is 5.29. The van der Waals surface area contributed by atoms with Gasteiger partial charge in [0.2, 0.25) is 5.91 Å². The predicted octanol–water partition coefficient (Wildman–Crippen LogP) is 3.56. The lowest BCUT2D eigenvalue weighted by atomic mass is 10.1. The molecule has 0 saturated carbocycles. The summed E-state index contributed by atoms with van der Waals surface area (Å²) in [6.45, 7) is 6.25. The Hall–Kier alpha value is -0.770. The number of halogens is 2. The highest BCUT2D eigenvalue weighted by Gasteiger charge is 2.24. The largest absolute Gasteiger partial charge is 0.383 e. The highest BCUT2D eigenvalue weighted by atomic mass is 35.5. The zero-order valence-corrected chi connectivity index (χ0v) is 13.2. The number of alkyl halides is 1. The van der Waals surface area contributed by atoms with Crippen LogP contribution in [0.1, 0.15) is 18.1 Å². The lowest BCUT2D eigenvalue weighted by Crippen LogP contribution is -2.42. The molecule has 0 radical (unpaired) electrons. The van der Waals surface area contributed by atoms with Gasteiger partial charge >= 0.3 is 0 Å². The number of methoxy groups -OCH3 is 1. The van der Waals surface area contributed by atoms with Gasteiger partial charge in [0, 0.05) is 17.8 Å². The van der Waals surface area contributed by atoms with E-state index in [4.69, 9.17) is 27.9 Å². The number of carbonyl (C=O) groups excluding carboxylic acids is 1. The Morgan fingerprint density at radius 1 is 1.37 bits per heavy atom. The third-order valence-corrected chi connectivity index (χ3v) is 3.38. The van der Waals surface area contributed by atoms with Crippen molar-refractivity contribution in [3.8, 4) is 0 Å². The van der Waals surface area contributed by atoms with Gasteiger partial charge in [0.15, 0.2) is 0 Å². The fraction of sp³-hybridized carbons (Fsp3) is 0.500. The molecule has 0 saturated heterocycles. The van der Waals surface area contributed by atoms with Crippen LogP contribution in [0, 0.1) is 13.8 Å². The first kappa shape index (κ1) is 16.3. The molecule has 0 bridgehead atoms. The van der Waals surface area contributed by atoms with Crippen molar-refractivity contribution in [3.63, 3.8) is 0 Å². The number of hydrogen-bond donors (Lipinski definition) is 0. The lowest BCUT2D eigenvalue weighted by molar-refractivity contribution is -0.116. The molecular formula is C14H19Cl2NO2. The third-order valence-electron chi connectivity index (χ3n) is 2.93. The number of hydrogen-bond acceptors (Lipinski definition) is 2. The molecule has 0 aliphatic carbocycles. The molecule has 1 aromatic rings. The summed E-state index contributed by atoms with van der Waals surface area (Å²) in [4.78, 5) is 13.8. The number of benzene rings is 1. The van der Waals surface area contributed by atoms with Gasteiger partial charge < -0.3 is 9.64 Å². The van der Waals surface area contributed by atoms with Crippen LogP contribution in [0.25, 0.3) is 0 Å². The van der Waals surface area contributed by atoms with Crippen LogP contribution in [-0.2, 0) is 9.53 Å². The van der Waals surface area contributed by atoms with Gasteiger partial charge in [0.25, 0.3) is 0 Å². The number of ether oxygens (including phenoxy) is 1. The number of rotatable bonds is 5. The normalized spacial score (nSPS) is 12.3. The average molecular weight is 304 g/mol. The first-order valence-corrected chi connectivity index (χ1v) is 6.97. The molecule has 1 unspecified atom stereocenters. The quantitative estimate of drug-likeness (QED) is 0.778. The monoisotopic (exact) mass is 303 g/mol. The number of carbonyl (C=O) groups is 1. The van der Waals surface area contributed by atoms with Crippen LogP contribution in [0.15, 0.2) is 12.1 Å². The van der Waals surface area contributed by atoms with E-state index in [-0.39, 0.29) is 17.8 Å². The van der Waals surface area contributed by atoms with Crippen molar-refractivity contribution in [2.75, 3.05) is 24.5 Å². The summed E-state index contributed by atoms with van der Waals surface area (Å²) in [6.07, 6.45) is 0. The Morgan fingerprint density at radius 2 is 1.89 bits per heavy atom. The van der Waals surface area contributed by atoms with Crippen LogP contribution in [0.5, 0.6) is 0 Å². The van der Waals surface area contributed by atoms with Crippen LogP contribution >= 0.6 is 23.2 Å². The second-order valence-electron chi connectivity index (χ2n) is 4.59. The molecule has 3 nitrogen and oxygen atoms in total. The number of amides is 1. The van der Waals surface area contributed by atoms with Crippen LogP contribution < -0.4 is 4.90 Å². The lowest BCUT2D eigenvalue weighted by Gasteiger charge is -2.31. The summed E-state index contributed by atoms with van der Waals surface area (Å²) in [5.41, 5.74) is 2.76. The van der Waals surface area contributed by atoms with Gasteiger partial charge in [-0.25, -0.2) is 0 Å². The fourth-order valence-electron chi connectivity index (χ4n) is 2.25. The molecule has 0 aliphatic rings. The maximum Gasteiger partial charge on any atom is 0.242 e. The van der Waals surface area contributed by atoms with E-state index in [0.29, 0.717) is 11.6 Å². The van der Waals surface area contributed by atoms with E-state index in [1.165, 1.54) is 0 Å². The summed E-state index contributed by atoms with van der Waals surface area (Å²) in [5.74, 6) is -0.199. The average Bonchev–Trinajstić information content (AvgIpc) is 2.32. The van der Waals surface area contributed by atoms with Crippen molar-refractivity contribution in [2.24, 2.45) is 0 Å². The van der Waals surface area contributed by atoms with E-state index in [2.05, 4.69) is 0 Å². The smallest absolute Gasteiger partial charge is 0.242 e. The summed E-state index contributed by atoms with van der Waals surface area (Å²) in [7, 11) is 1.61. The van der Waals surface area contributed by atoms with E-state index in [0.717, 1.165) is 16.8 Å². The van der Waals surface area contributed by atoms with Crippen LogP contribution in [0.3, 0.4) is 0 Å². The number of aryl methyl sites for hydroxylation is 2. The zero-order valence-electron chi connectivity index (χ0n) is 11.7. The van der Waals surface area contributed by atoms with Gasteiger partial charge in [-0.05, 0) is 44.0 Å². The minimum Gasteiger partial charge on any atom is -0.383 e. The minimum atomic E-state index is -0.139. The molecule has 1 atom stereocenters. The molecule has 0 aliphatic heterocycles. The van der Waals surface area contributed by atoms with E-state index in [1.807, 2.05) is 32.9 Å². The second kappa shape index (κ2) is 7.13. The van der Waals surface area contributed by atoms with Crippen molar-refractivity contribution >= 4 is 34.8 Å². The van der Waals surface area contributed by atoms with E-state index in [1.54, 1.807) is 12.0 Å². The summed E-state index contributed by atoms with van der Waals surface area (Å²) < 4.78 is 5.14. The van der Waals surface area contributed by atoms with E-state index in [9.17, 15) is 4.79 Å². The summed E-state index contributed by atoms with van der Waals surface area (Å²) >= 11 is 11.7. The van der Waals surface area contributed by atoms with Crippen molar-refractivity contribution in [3.05, 3.63) is 28.3 Å². The molecule has 1 rings (SSSR count). The van der Waals surface area contributed by atoms with E-state index >= 15 is 0 Å². The Morgan fingerprint density at radius 3 is 2.32 bits per heavy atom. The molecule has 0 N–H and O–H groups in total. The maximum absolute atomic E-state index is 12.1. The number of nitrogens with zero attached hydrogens (tertiary/aromatic N) is 1. The van der Waals surface area contributed by atoms with Crippen molar-refractivity contribution in [1.82, 2.24) is 0 Å². The molecule has 1 amide bonds. The van der Waals surface area contributed by atoms with Gasteiger partial charge in [-0.1, -0.05) is 11.6 Å². The molecule has 0 aromatic heterocycles. The SMILES string of the molecule is COCC(C)N(C(=O)CCl)c1c(C)cc(Cl)cc1C. The third kappa shape index (κ3) is 3.85. The van der Waals surface area contributed by atoms with Gasteiger partial charge in [0.05, 0.1) is 12.6 Å². The van der Waals surface area contributed by atoms with Crippen molar-refractivity contribution in [2.45, 2.75) is 26.8 Å². The van der Waals surface area contributed by atoms with Gasteiger partial charge in [-0.2, -0.15) is 0 Å². The topological polar surface area (TPSA) is 29.5 Å². The first-order chi connectivity index (χ1) is 8.92. The minimum absolute atomic E-state index is 0.0600.